The maximum absolute atomic E-state index is 9.93. The van der Waals surface area contributed by atoms with Crippen molar-refractivity contribution in [3.05, 3.63) is 42.2 Å². The number of aliphatic hydroxyl groups excluding tert-OH is 1. The van der Waals surface area contributed by atoms with Crippen LogP contribution in [0.4, 0.5) is 0 Å². The van der Waals surface area contributed by atoms with Gasteiger partial charge in [0.2, 0.25) is 0 Å². The Morgan fingerprint density at radius 1 is 1.50 bits per heavy atom. The van der Waals surface area contributed by atoms with E-state index >= 15 is 0 Å². The van der Waals surface area contributed by atoms with Crippen LogP contribution in [0.25, 0.3) is 0 Å². The van der Waals surface area contributed by atoms with E-state index in [1.165, 1.54) is 6.33 Å². The normalized spacial score (nSPS) is 12.6. The van der Waals surface area contributed by atoms with Crippen molar-refractivity contribution in [2.75, 3.05) is 0 Å². The van der Waals surface area contributed by atoms with E-state index in [1.807, 2.05) is 17.8 Å². The number of hydrogen-bond acceptors (Lipinski definition) is 4. The van der Waals surface area contributed by atoms with Crippen molar-refractivity contribution in [2.24, 2.45) is 0 Å². The summed E-state index contributed by atoms with van der Waals surface area (Å²) in [6.07, 6.45) is 6.70. The highest BCUT2D eigenvalue weighted by molar-refractivity contribution is 5.11. The third-order valence-corrected chi connectivity index (χ3v) is 2.39. The van der Waals surface area contributed by atoms with Crippen molar-refractivity contribution in [2.45, 2.75) is 26.0 Å². The lowest BCUT2D eigenvalue weighted by Crippen LogP contribution is -2.03. The number of rotatable bonds is 4. The first kappa shape index (κ1) is 10.8. The van der Waals surface area contributed by atoms with Gasteiger partial charge < -0.3 is 5.11 Å². The van der Waals surface area contributed by atoms with Gasteiger partial charge in [-0.05, 0) is 18.6 Å². The first-order chi connectivity index (χ1) is 7.79. The minimum Gasteiger partial charge on any atom is -0.386 e. The van der Waals surface area contributed by atoms with Gasteiger partial charge in [-0.2, -0.15) is 5.10 Å². The molecule has 16 heavy (non-hydrogen) atoms. The first-order valence-corrected chi connectivity index (χ1v) is 5.25. The van der Waals surface area contributed by atoms with Crippen LogP contribution in [0.5, 0.6) is 0 Å². The molecular weight excluding hydrogens is 204 g/mol. The van der Waals surface area contributed by atoms with Crippen molar-refractivity contribution in [1.82, 2.24) is 19.7 Å². The maximum atomic E-state index is 9.93. The average Bonchev–Trinajstić information content (AvgIpc) is 2.78. The standard InChI is InChI=1S/C11H14N4O/c1-2-15-7-9(6-14-15)5-11(16)10-3-4-12-8-13-10/h3-4,6-8,11,16H,2,5H2,1H3. The van der Waals surface area contributed by atoms with Gasteiger partial charge in [-0.15, -0.1) is 0 Å². The second-order valence-corrected chi connectivity index (χ2v) is 3.56. The molecule has 0 amide bonds. The van der Waals surface area contributed by atoms with E-state index in [-0.39, 0.29) is 0 Å². The van der Waals surface area contributed by atoms with Crippen molar-refractivity contribution < 1.29 is 5.11 Å². The summed E-state index contributed by atoms with van der Waals surface area (Å²) in [5.74, 6) is 0. The van der Waals surface area contributed by atoms with Crippen molar-refractivity contribution >= 4 is 0 Å². The lowest BCUT2D eigenvalue weighted by molar-refractivity contribution is 0.173. The smallest absolute Gasteiger partial charge is 0.115 e. The molecule has 2 rings (SSSR count). The molecule has 0 saturated heterocycles. The molecule has 0 radical (unpaired) electrons. The maximum Gasteiger partial charge on any atom is 0.115 e. The number of aryl methyl sites for hydroxylation is 1. The third kappa shape index (κ3) is 2.43. The highest BCUT2D eigenvalue weighted by Gasteiger charge is 2.10. The fraction of sp³-hybridized carbons (Fsp3) is 0.364. The molecule has 0 spiro atoms. The Morgan fingerprint density at radius 2 is 2.38 bits per heavy atom. The molecule has 0 saturated carbocycles. The van der Waals surface area contributed by atoms with E-state index in [0.29, 0.717) is 12.1 Å². The van der Waals surface area contributed by atoms with Crippen molar-refractivity contribution in [3.63, 3.8) is 0 Å². The van der Waals surface area contributed by atoms with Crippen LogP contribution in [-0.4, -0.2) is 24.9 Å². The molecule has 0 aliphatic heterocycles. The Bertz CT molecular complexity index is 440. The lowest BCUT2D eigenvalue weighted by atomic mass is 10.1. The molecule has 5 heteroatoms. The lowest BCUT2D eigenvalue weighted by Gasteiger charge is -2.07. The van der Waals surface area contributed by atoms with E-state index < -0.39 is 6.10 Å². The Hall–Kier alpha value is -1.75. The van der Waals surface area contributed by atoms with Crippen LogP contribution in [0.1, 0.15) is 24.3 Å². The van der Waals surface area contributed by atoms with Gasteiger partial charge in [0, 0.05) is 25.4 Å². The molecule has 0 aliphatic rings. The molecule has 0 aliphatic carbocycles. The van der Waals surface area contributed by atoms with Gasteiger partial charge in [-0.1, -0.05) is 0 Å². The fourth-order valence-corrected chi connectivity index (χ4v) is 1.51. The molecule has 0 bridgehead atoms. The van der Waals surface area contributed by atoms with Crippen molar-refractivity contribution in [3.8, 4) is 0 Å². The van der Waals surface area contributed by atoms with Crippen LogP contribution in [-0.2, 0) is 13.0 Å². The molecule has 84 valence electrons. The number of aliphatic hydroxyl groups is 1. The summed E-state index contributed by atoms with van der Waals surface area (Å²) in [6, 6.07) is 1.72. The second kappa shape index (κ2) is 4.85. The van der Waals surface area contributed by atoms with Crippen LogP contribution >= 0.6 is 0 Å². The molecule has 1 N–H and O–H groups in total. The molecule has 0 aromatic carbocycles. The van der Waals surface area contributed by atoms with Gasteiger partial charge in [0.1, 0.15) is 12.4 Å². The molecule has 2 aromatic heterocycles. The van der Waals surface area contributed by atoms with Gasteiger partial charge in [0.15, 0.2) is 0 Å². The van der Waals surface area contributed by atoms with Gasteiger partial charge in [-0.25, -0.2) is 9.97 Å². The summed E-state index contributed by atoms with van der Waals surface area (Å²) in [7, 11) is 0. The van der Waals surface area contributed by atoms with Crippen LogP contribution in [0.3, 0.4) is 0 Å². The zero-order chi connectivity index (χ0) is 11.4. The topological polar surface area (TPSA) is 63.8 Å². The SMILES string of the molecule is CCn1cc(CC(O)c2ccncn2)cn1. The average molecular weight is 218 g/mol. The van der Waals surface area contributed by atoms with Crippen LogP contribution in [0.15, 0.2) is 31.0 Å². The monoisotopic (exact) mass is 218 g/mol. The van der Waals surface area contributed by atoms with Crippen LogP contribution in [0, 0.1) is 0 Å². The summed E-state index contributed by atoms with van der Waals surface area (Å²) in [5, 5.41) is 14.1. The summed E-state index contributed by atoms with van der Waals surface area (Å²) in [6.45, 7) is 2.86. The summed E-state index contributed by atoms with van der Waals surface area (Å²) < 4.78 is 1.84. The second-order valence-electron chi connectivity index (χ2n) is 3.56. The zero-order valence-electron chi connectivity index (χ0n) is 9.11. The number of nitrogens with zero attached hydrogens (tertiary/aromatic N) is 4. The molecule has 2 aromatic rings. The highest BCUT2D eigenvalue weighted by Crippen LogP contribution is 2.14. The zero-order valence-corrected chi connectivity index (χ0v) is 9.11. The number of aromatic nitrogens is 4. The van der Waals surface area contributed by atoms with E-state index in [9.17, 15) is 5.11 Å². The Balaban J connectivity index is 2.05. The van der Waals surface area contributed by atoms with E-state index in [1.54, 1.807) is 18.5 Å². The molecular formula is C11H14N4O. The van der Waals surface area contributed by atoms with Gasteiger partial charge in [-0.3, -0.25) is 4.68 Å². The molecule has 1 atom stereocenters. The summed E-state index contributed by atoms with van der Waals surface area (Å²) >= 11 is 0. The summed E-state index contributed by atoms with van der Waals surface area (Å²) in [4.78, 5) is 7.83. The Labute approximate surface area is 93.8 Å². The Morgan fingerprint density at radius 3 is 3.00 bits per heavy atom. The predicted octanol–water partition coefficient (Wildman–Crippen LogP) is 0.969. The fourth-order valence-electron chi connectivity index (χ4n) is 1.51. The predicted molar refractivity (Wildman–Crippen MR) is 58.6 cm³/mol. The molecule has 5 nitrogen and oxygen atoms in total. The molecule has 1 unspecified atom stereocenters. The highest BCUT2D eigenvalue weighted by atomic mass is 16.3. The van der Waals surface area contributed by atoms with E-state index in [4.69, 9.17) is 0 Å². The van der Waals surface area contributed by atoms with Gasteiger partial charge >= 0.3 is 0 Å². The minimum absolute atomic E-state index is 0.525. The van der Waals surface area contributed by atoms with E-state index in [0.717, 1.165) is 12.1 Å². The quantitative estimate of drug-likeness (QED) is 0.830. The molecule has 2 heterocycles. The minimum atomic E-state index is -0.600. The molecule has 0 fully saturated rings. The van der Waals surface area contributed by atoms with Crippen LogP contribution < -0.4 is 0 Å². The van der Waals surface area contributed by atoms with Gasteiger partial charge in [0.05, 0.1) is 11.9 Å². The van der Waals surface area contributed by atoms with Crippen molar-refractivity contribution in [1.29, 1.82) is 0 Å². The summed E-state index contributed by atoms with van der Waals surface area (Å²) in [5.41, 5.74) is 1.65. The first-order valence-electron chi connectivity index (χ1n) is 5.25. The largest absolute Gasteiger partial charge is 0.386 e. The Kier molecular flexibility index (Phi) is 3.26. The number of hydrogen-bond donors (Lipinski definition) is 1. The third-order valence-electron chi connectivity index (χ3n) is 2.39. The van der Waals surface area contributed by atoms with Crippen LogP contribution in [0.2, 0.25) is 0 Å². The van der Waals surface area contributed by atoms with Gasteiger partial charge in [0.25, 0.3) is 0 Å². The van der Waals surface area contributed by atoms with E-state index in [2.05, 4.69) is 15.1 Å².